The van der Waals surface area contributed by atoms with Crippen LogP contribution in [-0.2, 0) is 11.3 Å². The highest BCUT2D eigenvalue weighted by molar-refractivity contribution is 8.00. The second kappa shape index (κ2) is 9.67. The Kier molecular flexibility index (Phi) is 7.01. The fraction of sp³-hybridized carbons (Fsp3) is 0.381. The van der Waals surface area contributed by atoms with Crippen molar-refractivity contribution < 1.29 is 14.3 Å². The smallest absolute Gasteiger partial charge is 0.233 e. The van der Waals surface area contributed by atoms with E-state index in [9.17, 15) is 4.79 Å². The largest absolute Gasteiger partial charge is 0.497 e. The van der Waals surface area contributed by atoms with Crippen LogP contribution in [0.1, 0.15) is 5.56 Å². The minimum Gasteiger partial charge on any atom is -0.497 e. The van der Waals surface area contributed by atoms with Gasteiger partial charge in [0.15, 0.2) is 0 Å². The summed E-state index contributed by atoms with van der Waals surface area (Å²) in [4.78, 5) is 17.9. The summed E-state index contributed by atoms with van der Waals surface area (Å²) in [5.74, 6) is 2.40. The lowest BCUT2D eigenvalue weighted by Gasteiger charge is -2.35. The minimum absolute atomic E-state index is 0.211. The maximum absolute atomic E-state index is 12.5. The van der Waals surface area contributed by atoms with Crippen molar-refractivity contribution in [3.8, 4) is 11.5 Å². The Morgan fingerprint density at radius 3 is 2.41 bits per heavy atom. The van der Waals surface area contributed by atoms with Crippen LogP contribution in [0, 0.1) is 0 Å². The first-order chi connectivity index (χ1) is 13.2. The molecule has 144 valence electrons. The van der Waals surface area contributed by atoms with E-state index in [1.165, 1.54) is 0 Å². The Hall–Kier alpha value is -2.18. The zero-order chi connectivity index (χ0) is 19.1. The number of methoxy groups -OCH3 is 2. The van der Waals surface area contributed by atoms with E-state index in [1.54, 1.807) is 26.0 Å². The van der Waals surface area contributed by atoms with Crippen LogP contribution in [0.25, 0.3) is 0 Å². The fourth-order valence-corrected chi connectivity index (χ4v) is 3.98. The molecule has 0 spiro atoms. The first-order valence-electron chi connectivity index (χ1n) is 9.08. The third kappa shape index (κ3) is 5.40. The molecule has 1 saturated heterocycles. The number of piperazine rings is 1. The summed E-state index contributed by atoms with van der Waals surface area (Å²) in [6, 6.07) is 15.9. The third-order valence-corrected chi connectivity index (χ3v) is 5.71. The van der Waals surface area contributed by atoms with Crippen LogP contribution < -0.4 is 9.47 Å². The van der Waals surface area contributed by atoms with Gasteiger partial charge < -0.3 is 14.4 Å². The number of carbonyl (C=O) groups excluding carboxylic acids is 1. The lowest BCUT2D eigenvalue weighted by Crippen LogP contribution is -2.48. The Morgan fingerprint density at radius 2 is 1.74 bits per heavy atom. The molecule has 1 aliphatic rings. The number of amides is 1. The summed E-state index contributed by atoms with van der Waals surface area (Å²) in [7, 11) is 3.36. The van der Waals surface area contributed by atoms with Gasteiger partial charge in [0.05, 0.1) is 20.0 Å². The van der Waals surface area contributed by atoms with Gasteiger partial charge in [-0.1, -0.05) is 18.2 Å². The normalized spacial score (nSPS) is 14.8. The van der Waals surface area contributed by atoms with Crippen LogP contribution in [-0.4, -0.2) is 61.9 Å². The lowest BCUT2D eigenvalue weighted by atomic mass is 10.1. The number of carbonyl (C=O) groups is 1. The van der Waals surface area contributed by atoms with Crippen molar-refractivity contribution >= 4 is 17.7 Å². The molecular formula is C21H26N2O3S. The molecule has 0 atom stereocenters. The molecule has 5 nitrogen and oxygen atoms in total. The van der Waals surface area contributed by atoms with Crippen LogP contribution in [0.3, 0.4) is 0 Å². The molecule has 27 heavy (non-hydrogen) atoms. The second-order valence-electron chi connectivity index (χ2n) is 6.44. The van der Waals surface area contributed by atoms with E-state index in [2.05, 4.69) is 4.90 Å². The van der Waals surface area contributed by atoms with Crippen molar-refractivity contribution in [2.24, 2.45) is 0 Å². The van der Waals surface area contributed by atoms with E-state index in [4.69, 9.17) is 9.47 Å². The number of hydrogen-bond acceptors (Lipinski definition) is 5. The van der Waals surface area contributed by atoms with E-state index in [-0.39, 0.29) is 5.91 Å². The molecule has 0 unspecified atom stereocenters. The number of hydrogen-bond donors (Lipinski definition) is 0. The van der Waals surface area contributed by atoms with E-state index >= 15 is 0 Å². The Labute approximate surface area is 165 Å². The molecule has 0 aromatic heterocycles. The highest BCUT2D eigenvalue weighted by atomic mass is 32.2. The van der Waals surface area contributed by atoms with Gasteiger partial charge in [-0.05, 0) is 30.3 Å². The number of benzene rings is 2. The van der Waals surface area contributed by atoms with E-state index in [0.29, 0.717) is 5.75 Å². The predicted molar refractivity (Wildman–Crippen MR) is 109 cm³/mol. The number of nitrogens with zero attached hydrogens (tertiary/aromatic N) is 2. The summed E-state index contributed by atoms with van der Waals surface area (Å²) in [5.41, 5.74) is 1.11. The molecule has 0 N–H and O–H groups in total. The second-order valence-corrected chi connectivity index (χ2v) is 7.49. The van der Waals surface area contributed by atoms with Gasteiger partial charge in [-0.2, -0.15) is 0 Å². The summed E-state index contributed by atoms with van der Waals surface area (Å²) in [5, 5.41) is 0. The SMILES string of the molecule is COc1ccc(OC)c(CN2CCN(C(=O)CSc3ccccc3)CC2)c1. The van der Waals surface area contributed by atoms with E-state index < -0.39 is 0 Å². The van der Waals surface area contributed by atoms with Crippen LogP contribution in [0.5, 0.6) is 11.5 Å². The zero-order valence-electron chi connectivity index (χ0n) is 15.9. The highest BCUT2D eigenvalue weighted by Gasteiger charge is 2.22. The molecule has 0 saturated carbocycles. The molecule has 6 heteroatoms. The molecule has 0 radical (unpaired) electrons. The predicted octanol–water partition coefficient (Wildman–Crippen LogP) is 3.14. The van der Waals surface area contributed by atoms with Crippen LogP contribution >= 0.6 is 11.8 Å². The zero-order valence-corrected chi connectivity index (χ0v) is 16.7. The maximum atomic E-state index is 12.5. The molecule has 1 aliphatic heterocycles. The van der Waals surface area contributed by atoms with Gasteiger partial charge in [-0.15, -0.1) is 11.8 Å². The van der Waals surface area contributed by atoms with Crippen molar-refractivity contribution in [2.75, 3.05) is 46.2 Å². The number of ether oxygens (including phenoxy) is 2. The van der Waals surface area contributed by atoms with Crippen molar-refractivity contribution in [3.05, 3.63) is 54.1 Å². The molecule has 0 bridgehead atoms. The van der Waals surface area contributed by atoms with Gasteiger partial charge in [0.1, 0.15) is 11.5 Å². The minimum atomic E-state index is 0.211. The molecule has 2 aromatic carbocycles. The van der Waals surface area contributed by atoms with Crippen molar-refractivity contribution in [2.45, 2.75) is 11.4 Å². The Balaban J connectivity index is 1.49. The third-order valence-electron chi connectivity index (χ3n) is 4.71. The van der Waals surface area contributed by atoms with E-state index in [0.717, 1.165) is 54.7 Å². The highest BCUT2D eigenvalue weighted by Crippen LogP contribution is 2.26. The van der Waals surface area contributed by atoms with Crippen molar-refractivity contribution in [1.29, 1.82) is 0 Å². The summed E-state index contributed by atoms with van der Waals surface area (Å²) >= 11 is 1.60. The molecule has 1 heterocycles. The summed E-state index contributed by atoms with van der Waals surface area (Å²) in [6.45, 7) is 4.05. The monoisotopic (exact) mass is 386 g/mol. The quantitative estimate of drug-likeness (QED) is 0.684. The number of thioether (sulfide) groups is 1. The number of rotatable bonds is 7. The van der Waals surface area contributed by atoms with Crippen molar-refractivity contribution in [1.82, 2.24) is 9.80 Å². The fourth-order valence-electron chi connectivity index (χ4n) is 3.15. The lowest BCUT2D eigenvalue weighted by molar-refractivity contribution is -0.130. The van der Waals surface area contributed by atoms with E-state index in [1.807, 2.05) is 53.4 Å². The average Bonchev–Trinajstić information content (AvgIpc) is 2.73. The Bertz CT molecular complexity index is 746. The van der Waals surface area contributed by atoms with Crippen LogP contribution in [0.4, 0.5) is 0 Å². The Morgan fingerprint density at radius 1 is 1.00 bits per heavy atom. The molecule has 0 aliphatic carbocycles. The molecule has 2 aromatic rings. The molecule has 1 amide bonds. The van der Waals surface area contributed by atoms with Gasteiger partial charge in [-0.25, -0.2) is 0 Å². The van der Waals surface area contributed by atoms with Gasteiger partial charge >= 0.3 is 0 Å². The van der Waals surface area contributed by atoms with Crippen LogP contribution in [0.15, 0.2) is 53.4 Å². The van der Waals surface area contributed by atoms with Crippen molar-refractivity contribution in [3.63, 3.8) is 0 Å². The van der Waals surface area contributed by atoms with Gasteiger partial charge in [0, 0.05) is 43.2 Å². The summed E-state index contributed by atoms with van der Waals surface area (Å²) in [6.07, 6.45) is 0. The summed E-state index contributed by atoms with van der Waals surface area (Å²) < 4.78 is 10.8. The molecule has 1 fully saturated rings. The molecule has 3 rings (SSSR count). The van der Waals surface area contributed by atoms with Crippen LogP contribution in [0.2, 0.25) is 0 Å². The average molecular weight is 387 g/mol. The maximum Gasteiger partial charge on any atom is 0.233 e. The van der Waals surface area contributed by atoms with Gasteiger partial charge in [-0.3, -0.25) is 9.69 Å². The van der Waals surface area contributed by atoms with Gasteiger partial charge in [0.2, 0.25) is 5.91 Å². The van der Waals surface area contributed by atoms with Gasteiger partial charge in [0.25, 0.3) is 0 Å². The first kappa shape index (κ1) is 19.6. The first-order valence-corrected chi connectivity index (χ1v) is 10.1. The molecular weight excluding hydrogens is 360 g/mol. The standard InChI is InChI=1S/C21H26N2O3S/c1-25-18-8-9-20(26-2)17(14-18)15-22-10-12-23(13-11-22)21(24)16-27-19-6-4-3-5-7-19/h3-9,14H,10-13,15-16H2,1-2H3. The topological polar surface area (TPSA) is 42.0 Å².